The number of aliphatic hydroxyl groups is 2. The molecule has 5 heteroatoms. The standard InChI is InChI=1S/C4H10Cl2NO2/c5-7(6,1-3-8)2-4-9/h8-9H,1-4H2/q+1. The molecule has 0 aromatic carbocycles. The Morgan fingerprint density at radius 1 is 1.00 bits per heavy atom. The van der Waals surface area contributed by atoms with Crippen LogP contribution in [0.3, 0.4) is 0 Å². The maximum absolute atomic E-state index is 8.36. The zero-order chi connectivity index (χ0) is 7.33. The molecule has 0 atom stereocenters. The Kier molecular flexibility index (Phi) is 4.52. The second-order valence-corrected chi connectivity index (χ2v) is 3.13. The highest BCUT2D eigenvalue weighted by molar-refractivity contribution is 6.23. The minimum atomic E-state index is -0.368. The molecule has 0 bridgehead atoms. The van der Waals surface area contributed by atoms with Gasteiger partial charge in [0.1, 0.15) is 13.1 Å². The second kappa shape index (κ2) is 4.30. The molecule has 0 spiro atoms. The van der Waals surface area contributed by atoms with E-state index in [2.05, 4.69) is 0 Å². The van der Waals surface area contributed by atoms with E-state index >= 15 is 0 Å². The third-order valence-electron chi connectivity index (χ3n) is 0.854. The van der Waals surface area contributed by atoms with Gasteiger partial charge >= 0.3 is 0 Å². The van der Waals surface area contributed by atoms with Crippen LogP contribution in [-0.2, 0) is 0 Å². The first-order chi connectivity index (χ1) is 4.12. The van der Waals surface area contributed by atoms with Crippen LogP contribution in [-0.4, -0.2) is 40.0 Å². The maximum Gasteiger partial charge on any atom is 0.187 e. The number of rotatable bonds is 4. The van der Waals surface area contributed by atoms with Crippen molar-refractivity contribution in [3.63, 3.8) is 0 Å². The van der Waals surface area contributed by atoms with Crippen molar-refractivity contribution in [1.29, 1.82) is 0 Å². The number of hydrogen-bond acceptors (Lipinski definition) is 2. The average molecular weight is 175 g/mol. The summed E-state index contributed by atoms with van der Waals surface area (Å²) >= 11 is 11.0. The first-order valence-electron chi connectivity index (χ1n) is 2.60. The summed E-state index contributed by atoms with van der Waals surface area (Å²) in [4.78, 5) is 0. The number of aliphatic hydroxyl groups excluding tert-OH is 2. The molecule has 0 aliphatic carbocycles. The van der Waals surface area contributed by atoms with Crippen molar-refractivity contribution in [3.05, 3.63) is 0 Å². The summed E-state index contributed by atoms with van der Waals surface area (Å²) in [5.41, 5.74) is 0. The van der Waals surface area contributed by atoms with E-state index in [1.54, 1.807) is 0 Å². The Balaban J connectivity index is 3.43. The Morgan fingerprint density at radius 2 is 1.33 bits per heavy atom. The number of halogens is 2. The van der Waals surface area contributed by atoms with Crippen molar-refractivity contribution >= 4 is 23.6 Å². The fraction of sp³-hybridized carbons (Fsp3) is 1.00. The molecule has 0 aliphatic heterocycles. The topological polar surface area (TPSA) is 40.5 Å². The minimum Gasteiger partial charge on any atom is -0.390 e. The van der Waals surface area contributed by atoms with Crippen LogP contribution in [0.1, 0.15) is 0 Å². The molecule has 0 aromatic rings. The molecule has 0 unspecified atom stereocenters. The zero-order valence-electron chi connectivity index (χ0n) is 4.93. The molecule has 0 aliphatic rings. The molecule has 0 rings (SSSR count). The van der Waals surface area contributed by atoms with Crippen molar-refractivity contribution in [3.8, 4) is 0 Å². The summed E-state index contributed by atoms with van der Waals surface area (Å²) in [5, 5.41) is 16.7. The molecule has 2 N–H and O–H groups in total. The molecule has 0 radical (unpaired) electrons. The highest BCUT2D eigenvalue weighted by Crippen LogP contribution is 2.14. The molecule has 0 aromatic heterocycles. The molecule has 0 heterocycles. The maximum atomic E-state index is 8.36. The van der Waals surface area contributed by atoms with Crippen molar-refractivity contribution in [2.75, 3.05) is 26.3 Å². The first kappa shape index (κ1) is 9.46. The molecule has 9 heavy (non-hydrogen) atoms. The monoisotopic (exact) mass is 174 g/mol. The Morgan fingerprint density at radius 3 is 1.56 bits per heavy atom. The summed E-state index contributed by atoms with van der Waals surface area (Å²) in [6.07, 6.45) is 0. The fourth-order valence-electron chi connectivity index (χ4n) is 0.404. The van der Waals surface area contributed by atoms with Crippen LogP contribution in [0.15, 0.2) is 0 Å². The molecule has 0 saturated heterocycles. The van der Waals surface area contributed by atoms with Gasteiger partial charge in [0.05, 0.1) is 13.2 Å². The lowest BCUT2D eigenvalue weighted by Crippen LogP contribution is -2.33. The van der Waals surface area contributed by atoms with E-state index in [0.29, 0.717) is 0 Å². The van der Waals surface area contributed by atoms with Gasteiger partial charge in [0.25, 0.3) is 0 Å². The van der Waals surface area contributed by atoms with Crippen LogP contribution in [0, 0.1) is 0 Å². The lowest BCUT2D eigenvalue weighted by Gasteiger charge is -2.15. The number of hydrogen-bond donors (Lipinski definition) is 2. The first-order valence-corrected chi connectivity index (χ1v) is 3.28. The van der Waals surface area contributed by atoms with Gasteiger partial charge in [-0.25, -0.2) is 0 Å². The van der Waals surface area contributed by atoms with E-state index in [1.165, 1.54) is 0 Å². The average Bonchev–Trinajstić information content (AvgIpc) is 1.64. The van der Waals surface area contributed by atoms with Gasteiger partial charge in [-0.2, -0.15) is 0 Å². The van der Waals surface area contributed by atoms with Crippen molar-refractivity contribution in [1.82, 2.24) is 0 Å². The summed E-state index contributed by atoms with van der Waals surface area (Å²) in [6, 6.07) is 0. The van der Waals surface area contributed by atoms with Gasteiger partial charge in [0.2, 0.25) is 0 Å². The van der Waals surface area contributed by atoms with Crippen LogP contribution < -0.4 is 0 Å². The Labute approximate surface area is 64.2 Å². The fourth-order valence-corrected chi connectivity index (χ4v) is 0.707. The van der Waals surface area contributed by atoms with Crippen molar-refractivity contribution in [2.24, 2.45) is 0 Å². The summed E-state index contributed by atoms with van der Waals surface area (Å²) in [5.74, 6) is 0. The third-order valence-corrected chi connectivity index (χ3v) is 1.53. The van der Waals surface area contributed by atoms with Crippen LogP contribution in [0.25, 0.3) is 0 Å². The van der Waals surface area contributed by atoms with Crippen LogP contribution in [0.5, 0.6) is 0 Å². The lowest BCUT2D eigenvalue weighted by molar-refractivity contribution is -0.692. The zero-order valence-corrected chi connectivity index (χ0v) is 6.44. The van der Waals surface area contributed by atoms with E-state index in [0.717, 1.165) is 0 Å². The smallest absolute Gasteiger partial charge is 0.187 e. The minimum absolute atomic E-state index is 0.0764. The summed E-state index contributed by atoms with van der Waals surface area (Å²) in [6.45, 7) is 0.327. The van der Waals surface area contributed by atoms with Gasteiger partial charge in [-0.3, -0.25) is 0 Å². The molecule has 0 amide bonds. The Bertz CT molecular complexity index is 71.0. The predicted octanol–water partition coefficient (Wildman–Crippen LogP) is 0.0954. The Hall–Kier alpha value is 0.460. The van der Waals surface area contributed by atoms with Crippen molar-refractivity contribution < 1.29 is 13.7 Å². The van der Waals surface area contributed by atoms with E-state index in [4.69, 9.17) is 33.8 Å². The van der Waals surface area contributed by atoms with Crippen LogP contribution in [0.2, 0.25) is 0 Å². The highest BCUT2D eigenvalue weighted by atomic mass is 35.5. The highest BCUT2D eigenvalue weighted by Gasteiger charge is 2.21. The second-order valence-electron chi connectivity index (χ2n) is 1.66. The van der Waals surface area contributed by atoms with Gasteiger partial charge in [0.15, 0.2) is 23.6 Å². The molecular weight excluding hydrogens is 165 g/mol. The SMILES string of the molecule is OCC[N+](Cl)(Cl)CCO. The van der Waals surface area contributed by atoms with Gasteiger partial charge < -0.3 is 10.2 Å². The number of nitrogens with zero attached hydrogens (tertiary/aromatic N) is 1. The van der Waals surface area contributed by atoms with Gasteiger partial charge in [-0.05, 0) is 0 Å². The quantitative estimate of drug-likeness (QED) is 0.594. The molecule has 0 saturated carbocycles. The van der Waals surface area contributed by atoms with Gasteiger partial charge in [-0.15, -0.1) is 3.52 Å². The predicted molar refractivity (Wildman–Crippen MR) is 35.9 cm³/mol. The van der Waals surface area contributed by atoms with E-state index in [9.17, 15) is 0 Å². The van der Waals surface area contributed by atoms with E-state index < -0.39 is 0 Å². The summed E-state index contributed by atoms with van der Waals surface area (Å²) in [7, 11) is 0. The summed E-state index contributed by atoms with van der Waals surface area (Å²) < 4.78 is -0.368. The molecule has 56 valence electrons. The molecule has 0 fully saturated rings. The molecule has 3 nitrogen and oxygen atoms in total. The van der Waals surface area contributed by atoms with E-state index in [-0.39, 0.29) is 29.8 Å². The van der Waals surface area contributed by atoms with Gasteiger partial charge in [0, 0.05) is 0 Å². The lowest BCUT2D eigenvalue weighted by atomic mass is 10.6. The van der Waals surface area contributed by atoms with Crippen LogP contribution in [0.4, 0.5) is 0 Å². The van der Waals surface area contributed by atoms with Gasteiger partial charge in [-0.1, -0.05) is 0 Å². The van der Waals surface area contributed by atoms with Crippen LogP contribution >= 0.6 is 23.6 Å². The largest absolute Gasteiger partial charge is 0.390 e. The normalized spacial score (nSPS) is 12.0. The van der Waals surface area contributed by atoms with E-state index in [1.807, 2.05) is 0 Å². The van der Waals surface area contributed by atoms with Crippen molar-refractivity contribution in [2.45, 2.75) is 0 Å². The molecular formula is C4H10Cl2NO2+. The number of quaternary nitrogens is 1. The third kappa shape index (κ3) is 4.93.